The minimum absolute atomic E-state index is 0.000229. The molecule has 0 aromatic heterocycles. The zero-order chi connectivity index (χ0) is 17.5. The van der Waals surface area contributed by atoms with Crippen LogP contribution in [0.25, 0.3) is 0 Å². The highest BCUT2D eigenvalue weighted by Gasteiger charge is 2.56. The molecule has 24 heavy (non-hydrogen) atoms. The van der Waals surface area contributed by atoms with Crippen LogP contribution in [0.15, 0.2) is 0 Å². The number of rotatable bonds is 6. The molecule has 4 fully saturated rings. The number of hydrogen-bond acceptors (Lipinski definition) is 6. The molecule has 1 unspecified atom stereocenters. The second kappa shape index (κ2) is 6.29. The van der Waals surface area contributed by atoms with Crippen molar-refractivity contribution in [3.05, 3.63) is 0 Å². The maximum absolute atomic E-state index is 12.7. The van der Waals surface area contributed by atoms with Crippen LogP contribution in [-0.2, 0) is 29.2 Å². The van der Waals surface area contributed by atoms with E-state index in [1.54, 1.807) is 6.92 Å². The van der Waals surface area contributed by atoms with Crippen molar-refractivity contribution in [3.63, 3.8) is 0 Å². The van der Waals surface area contributed by atoms with Gasteiger partial charge < -0.3 is 9.47 Å². The van der Waals surface area contributed by atoms with Crippen LogP contribution >= 0.6 is 0 Å². The van der Waals surface area contributed by atoms with Crippen LogP contribution < -0.4 is 0 Å². The molecule has 4 rings (SSSR count). The molecule has 4 saturated carbocycles. The number of ether oxygens (including phenoxy) is 2. The van der Waals surface area contributed by atoms with Crippen molar-refractivity contribution in [2.75, 3.05) is 6.61 Å². The quantitative estimate of drug-likeness (QED) is 0.569. The van der Waals surface area contributed by atoms with Crippen LogP contribution in [0.1, 0.15) is 51.9 Å². The van der Waals surface area contributed by atoms with Crippen LogP contribution in [0.5, 0.6) is 0 Å². The van der Waals surface area contributed by atoms with E-state index < -0.39 is 32.9 Å². The SMILES string of the molecule is CCCOC(=O)C(OC(=O)C12CC3CC(CC(C3)C1)C2)S(=O)(=O)O. The smallest absolute Gasteiger partial charge is 0.366 e. The summed E-state index contributed by atoms with van der Waals surface area (Å²) in [6.07, 6.45) is 5.89. The van der Waals surface area contributed by atoms with Gasteiger partial charge in [0.25, 0.3) is 0 Å². The maximum atomic E-state index is 12.7. The van der Waals surface area contributed by atoms with Gasteiger partial charge in [-0.05, 0) is 62.7 Å². The zero-order valence-electron chi connectivity index (χ0n) is 13.8. The van der Waals surface area contributed by atoms with Crippen molar-refractivity contribution >= 4 is 22.1 Å². The van der Waals surface area contributed by atoms with E-state index in [0.29, 0.717) is 43.4 Å². The summed E-state index contributed by atoms with van der Waals surface area (Å²) >= 11 is 0. The fraction of sp³-hybridized carbons (Fsp3) is 0.875. The van der Waals surface area contributed by atoms with E-state index in [1.165, 1.54) is 0 Å². The summed E-state index contributed by atoms with van der Waals surface area (Å²) in [7, 11) is -4.88. The summed E-state index contributed by atoms with van der Waals surface area (Å²) in [5, 5.41) is 0. The highest BCUT2D eigenvalue weighted by atomic mass is 32.2. The molecule has 0 aromatic rings. The van der Waals surface area contributed by atoms with Gasteiger partial charge in [0.2, 0.25) is 0 Å². The Balaban J connectivity index is 1.75. The first-order valence-corrected chi connectivity index (χ1v) is 10.1. The van der Waals surface area contributed by atoms with Gasteiger partial charge in [-0.15, -0.1) is 0 Å². The van der Waals surface area contributed by atoms with Crippen molar-refractivity contribution in [2.45, 2.75) is 57.3 Å². The van der Waals surface area contributed by atoms with Crippen molar-refractivity contribution in [2.24, 2.45) is 23.2 Å². The lowest BCUT2D eigenvalue weighted by atomic mass is 9.49. The van der Waals surface area contributed by atoms with Gasteiger partial charge in [-0.2, -0.15) is 8.42 Å². The maximum Gasteiger partial charge on any atom is 0.366 e. The molecule has 0 amide bonds. The lowest BCUT2D eigenvalue weighted by molar-refractivity contribution is -0.180. The average Bonchev–Trinajstić information content (AvgIpc) is 2.47. The lowest BCUT2D eigenvalue weighted by Crippen LogP contribution is -2.52. The van der Waals surface area contributed by atoms with Crippen LogP contribution in [0.4, 0.5) is 0 Å². The Morgan fingerprint density at radius 3 is 2.04 bits per heavy atom. The molecule has 0 aliphatic heterocycles. The van der Waals surface area contributed by atoms with Crippen LogP contribution in [0.3, 0.4) is 0 Å². The van der Waals surface area contributed by atoms with E-state index in [9.17, 15) is 22.6 Å². The second-order valence-electron chi connectivity index (χ2n) is 7.62. The Hall–Kier alpha value is -1.15. The summed E-state index contributed by atoms with van der Waals surface area (Å²) < 4.78 is 42.0. The Morgan fingerprint density at radius 1 is 1.12 bits per heavy atom. The molecule has 0 radical (unpaired) electrons. The number of esters is 2. The summed E-state index contributed by atoms with van der Waals surface area (Å²) in [6.45, 7) is 1.75. The first-order valence-electron chi connectivity index (χ1n) is 8.57. The van der Waals surface area contributed by atoms with Crippen molar-refractivity contribution in [3.8, 4) is 0 Å². The number of carbonyl (C=O) groups is 2. The molecule has 4 aliphatic carbocycles. The summed E-state index contributed by atoms with van der Waals surface area (Å²) in [6, 6.07) is 0. The minimum Gasteiger partial charge on any atom is -0.462 e. The molecule has 136 valence electrons. The topological polar surface area (TPSA) is 107 Å². The lowest BCUT2D eigenvalue weighted by Gasteiger charge is -2.55. The highest BCUT2D eigenvalue weighted by molar-refractivity contribution is 7.87. The Kier molecular flexibility index (Phi) is 4.63. The standard InChI is InChI=1S/C16H24O7S/c1-2-3-22-13(17)14(24(19,20)21)23-15(18)16-7-10-4-11(8-16)6-12(5-10)9-16/h10-12,14H,2-9H2,1H3,(H,19,20,21). The van der Waals surface area contributed by atoms with Crippen LogP contribution in [-0.4, -0.2) is 37.0 Å². The molecule has 0 spiro atoms. The van der Waals surface area contributed by atoms with E-state index in [1.807, 2.05) is 0 Å². The predicted molar refractivity (Wildman–Crippen MR) is 83.3 cm³/mol. The fourth-order valence-electron chi connectivity index (χ4n) is 5.08. The summed E-state index contributed by atoms with van der Waals surface area (Å²) in [4.78, 5) is 24.6. The van der Waals surface area contributed by atoms with Gasteiger partial charge in [0.1, 0.15) is 0 Å². The monoisotopic (exact) mass is 360 g/mol. The molecular formula is C16H24O7S. The Labute approximate surface area is 141 Å². The van der Waals surface area contributed by atoms with E-state index in [2.05, 4.69) is 0 Å². The van der Waals surface area contributed by atoms with Gasteiger partial charge in [0, 0.05) is 0 Å². The minimum atomic E-state index is -4.88. The van der Waals surface area contributed by atoms with E-state index in [-0.39, 0.29) is 6.61 Å². The number of carbonyl (C=O) groups excluding carboxylic acids is 2. The Bertz CT molecular complexity index is 589. The fourth-order valence-corrected chi connectivity index (χ4v) is 5.60. The molecule has 7 nitrogen and oxygen atoms in total. The third kappa shape index (κ3) is 3.31. The van der Waals surface area contributed by atoms with Crippen molar-refractivity contribution in [1.29, 1.82) is 0 Å². The normalized spacial score (nSPS) is 35.5. The van der Waals surface area contributed by atoms with Crippen molar-refractivity contribution < 1.29 is 32.0 Å². The molecule has 8 heteroatoms. The molecule has 0 saturated heterocycles. The van der Waals surface area contributed by atoms with Gasteiger partial charge >= 0.3 is 27.5 Å². The molecule has 4 bridgehead atoms. The molecule has 1 N–H and O–H groups in total. The van der Waals surface area contributed by atoms with Gasteiger partial charge in [0.05, 0.1) is 12.0 Å². The van der Waals surface area contributed by atoms with Gasteiger partial charge in [0.15, 0.2) is 0 Å². The first-order chi connectivity index (χ1) is 11.2. The molecule has 0 aromatic carbocycles. The Morgan fingerprint density at radius 2 is 1.62 bits per heavy atom. The van der Waals surface area contributed by atoms with Gasteiger partial charge in [-0.25, -0.2) is 4.79 Å². The molecular weight excluding hydrogens is 336 g/mol. The predicted octanol–water partition coefficient (Wildman–Crippen LogP) is 1.91. The second-order valence-corrected chi connectivity index (χ2v) is 9.08. The summed E-state index contributed by atoms with van der Waals surface area (Å²) in [5.74, 6) is -0.504. The molecule has 0 heterocycles. The van der Waals surface area contributed by atoms with E-state index in [0.717, 1.165) is 19.3 Å². The summed E-state index contributed by atoms with van der Waals surface area (Å²) in [5.41, 5.74) is -2.99. The highest BCUT2D eigenvalue weighted by Crippen LogP contribution is 2.60. The third-order valence-electron chi connectivity index (χ3n) is 5.60. The number of hydrogen-bond donors (Lipinski definition) is 1. The van der Waals surface area contributed by atoms with E-state index >= 15 is 0 Å². The van der Waals surface area contributed by atoms with Crippen molar-refractivity contribution in [1.82, 2.24) is 0 Å². The largest absolute Gasteiger partial charge is 0.462 e. The third-order valence-corrected chi connectivity index (χ3v) is 6.43. The first kappa shape index (κ1) is 17.7. The van der Waals surface area contributed by atoms with E-state index in [4.69, 9.17) is 9.47 Å². The molecule has 4 aliphatic rings. The molecule has 1 atom stereocenters. The van der Waals surface area contributed by atoms with Gasteiger partial charge in [-0.3, -0.25) is 9.35 Å². The van der Waals surface area contributed by atoms with Crippen LogP contribution in [0.2, 0.25) is 0 Å². The zero-order valence-corrected chi connectivity index (χ0v) is 14.6. The average molecular weight is 360 g/mol. The van der Waals surface area contributed by atoms with Gasteiger partial charge in [-0.1, -0.05) is 6.92 Å². The van der Waals surface area contributed by atoms with Crippen LogP contribution in [0, 0.1) is 23.2 Å².